The van der Waals surface area contributed by atoms with E-state index in [1.165, 1.54) is 24.3 Å². The van der Waals surface area contributed by atoms with Crippen molar-refractivity contribution in [2.45, 2.75) is 39.5 Å². The number of benzene rings is 2. The molecule has 2 heterocycles. The lowest BCUT2D eigenvalue weighted by Gasteiger charge is -2.37. The number of Topliss-reactive ketones (excluding diaryl/α,β-unsaturated/α-hetero) is 1. The highest BCUT2D eigenvalue weighted by Gasteiger charge is 2.44. The van der Waals surface area contributed by atoms with Gasteiger partial charge in [0.15, 0.2) is 5.78 Å². The minimum Gasteiger partial charge on any atom is -0.444 e. The van der Waals surface area contributed by atoms with E-state index in [0.29, 0.717) is 41.0 Å². The molecule has 3 aromatic rings. The Morgan fingerprint density at radius 2 is 1.91 bits per heavy atom. The number of aromatic nitrogens is 1. The molecule has 176 valence electrons. The largest absolute Gasteiger partial charge is 0.444 e. The summed E-state index contributed by atoms with van der Waals surface area (Å²) >= 11 is 0. The number of hydrogen-bond donors (Lipinski definition) is 1. The van der Waals surface area contributed by atoms with Gasteiger partial charge in [-0.3, -0.25) is 4.79 Å². The molecule has 0 fully saturated rings. The summed E-state index contributed by atoms with van der Waals surface area (Å²) < 4.78 is 25.4. The zero-order valence-corrected chi connectivity index (χ0v) is 19.7. The second-order valence-corrected chi connectivity index (χ2v) is 9.84. The van der Waals surface area contributed by atoms with E-state index in [2.05, 4.69) is 6.07 Å². The van der Waals surface area contributed by atoms with Crippen LogP contribution >= 0.6 is 0 Å². The lowest BCUT2D eigenvalue weighted by atomic mass is 9.70. The lowest BCUT2D eigenvalue weighted by Crippen LogP contribution is -2.33. The van der Waals surface area contributed by atoms with Crippen LogP contribution in [0.3, 0.4) is 0 Å². The van der Waals surface area contributed by atoms with E-state index in [1.54, 1.807) is 0 Å². The van der Waals surface area contributed by atoms with Crippen molar-refractivity contribution in [3.63, 3.8) is 0 Å². The van der Waals surface area contributed by atoms with Crippen molar-refractivity contribution in [3.8, 4) is 17.7 Å². The Hall–Kier alpha value is -4.18. The number of pyridine rings is 1. The number of rotatable bonds is 3. The Kier molecular flexibility index (Phi) is 5.32. The van der Waals surface area contributed by atoms with E-state index >= 15 is 0 Å². The molecule has 0 saturated heterocycles. The molecular formula is C28H24FN3O3. The van der Waals surface area contributed by atoms with Crippen LogP contribution in [0.2, 0.25) is 0 Å². The molecule has 7 heteroatoms. The van der Waals surface area contributed by atoms with Crippen molar-refractivity contribution in [1.29, 1.82) is 5.26 Å². The number of fused-ring (bicyclic) bond motifs is 1. The number of ether oxygens (including phenoxy) is 2. The number of hydrogen-bond acceptors (Lipinski definition) is 6. The number of allylic oxidation sites excluding steroid dienone is 3. The van der Waals surface area contributed by atoms with Crippen molar-refractivity contribution in [2.75, 3.05) is 0 Å². The molecule has 2 N–H and O–H groups in total. The van der Waals surface area contributed by atoms with E-state index < -0.39 is 11.7 Å². The topological polar surface area (TPSA) is 98.2 Å². The summed E-state index contributed by atoms with van der Waals surface area (Å²) in [5.41, 5.74) is 8.70. The number of carbonyl (C=O) groups excluding carboxylic acids is 1. The maximum absolute atomic E-state index is 13.5. The minimum absolute atomic E-state index is 0.0289. The van der Waals surface area contributed by atoms with Gasteiger partial charge in [0.2, 0.25) is 11.8 Å². The van der Waals surface area contributed by atoms with Gasteiger partial charge >= 0.3 is 0 Å². The standard InChI is InChI=1S/C28H24FN3O3/c1-15-4-9-21-16(10-15)11-19(27(32-21)34-18-7-5-17(29)6-8-18)24-20(14-30)26(31)35-23-13-28(2,3)12-22(33)25(23)24/h4-11,24H,12-13,31H2,1-3H3. The maximum Gasteiger partial charge on any atom is 0.224 e. The summed E-state index contributed by atoms with van der Waals surface area (Å²) in [5.74, 6) is -0.247. The molecule has 35 heavy (non-hydrogen) atoms. The Morgan fingerprint density at radius 1 is 1.17 bits per heavy atom. The van der Waals surface area contributed by atoms with Gasteiger partial charge in [-0.25, -0.2) is 9.37 Å². The molecule has 1 aromatic heterocycles. The van der Waals surface area contributed by atoms with Crippen LogP contribution in [-0.4, -0.2) is 10.8 Å². The molecule has 0 spiro atoms. The monoisotopic (exact) mass is 469 g/mol. The van der Waals surface area contributed by atoms with E-state index in [0.717, 1.165) is 10.9 Å². The summed E-state index contributed by atoms with van der Waals surface area (Å²) in [6.07, 6.45) is 0.830. The van der Waals surface area contributed by atoms with Gasteiger partial charge in [0.1, 0.15) is 29.0 Å². The quantitative estimate of drug-likeness (QED) is 0.511. The molecule has 5 rings (SSSR count). The SMILES string of the molecule is Cc1ccc2nc(Oc3ccc(F)cc3)c(C3C(C#N)=C(N)OC4=C3C(=O)CC(C)(C)C4)cc2c1. The third-order valence-electron chi connectivity index (χ3n) is 6.38. The fourth-order valence-corrected chi connectivity index (χ4v) is 4.79. The van der Waals surface area contributed by atoms with E-state index in [9.17, 15) is 14.4 Å². The van der Waals surface area contributed by atoms with Crippen LogP contribution in [0.4, 0.5) is 4.39 Å². The Balaban J connectivity index is 1.76. The third-order valence-corrected chi connectivity index (χ3v) is 6.38. The van der Waals surface area contributed by atoms with E-state index in [-0.39, 0.29) is 28.5 Å². The van der Waals surface area contributed by atoms with Crippen molar-refractivity contribution in [3.05, 3.63) is 88.3 Å². The molecule has 0 radical (unpaired) electrons. The van der Waals surface area contributed by atoms with Gasteiger partial charge in [-0.1, -0.05) is 25.5 Å². The lowest BCUT2D eigenvalue weighted by molar-refractivity contribution is -0.119. The number of nitrogens with zero attached hydrogens (tertiary/aromatic N) is 2. The first-order valence-electron chi connectivity index (χ1n) is 11.3. The summed E-state index contributed by atoms with van der Waals surface area (Å²) in [6.45, 7) is 5.97. The number of aryl methyl sites for hydroxylation is 1. The molecule has 6 nitrogen and oxygen atoms in total. The van der Waals surface area contributed by atoms with Crippen molar-refractivity contribution in [2.24, 2.45) is 11.1 Å². The van der Waals surface area contributed by atoms with Gasteiger partial charge in [-0.2, -0.15) is 5.26 Å². The zero-order chi connectivity index (χ0) is 24.9. The van der Waals surface area contributed by atoms with Crippen molar-refractivity contribution >= 4 is 16.7 Å². The van der Waals surface area contributed by atoms with Gasteiger partial charge in [0, 0.05) is 29.4 Å². The summed E-state index contributed by atoms with van der Waals surface area (Å²) in [6, 6.07) is 15.4. The average Bonchev–Trinajstić information content (AvgIpc) is 2.78. The molecule has 1 atom stereocenters. The van der Waals surface area contributed by atoms with Crippen LogP contribution in [0.1, 0.15) is 43.7 Å². The Morgan fingerprint density at radius 3 is 2.63 bits per heavy atom. The second kappa shape index (κ2) is 8.24. The van der Waals surface area contributed by atoms with Gasteiger partial charge < -0.3 is 15.2 Å². The molecule has 1 aliphatic heterocycles. The normalized spacial score (nSPS) is 19.3. The van der Waals surface area contributed by atoms with Crippen LogP contribution in [-0.2, 0) is 9.53 Å². The third kappa shape index (κ3) is 4.12. The molecular weight excluding hydrogens is 445 g/mol. The fraction of sp³-hybridized carbons (Fsp3) is 0.250. The van der Waals surface area contributed by atoms with Crippen LogP contribution in [0.15, 0.2) is 71.3 Å². The molecule has 2 aliphatic rings. The van der Waals surface area contributed by atoms with E-state index in [1.807, 2.05) is 45.0 Å². The number of carbonyl (C=O) groups is 1. The summed E-state index contributed by atoms with van der Waals surface area (Å²) in [4.78, 5) is 18.1. The smallest absolute Gasteiger partial charge is 0.224 e. The minimum atomic E-state index is -0.791. The first-order chi connectivity index (χ1) is 16.6. The van der Waals surface area contributed by atoms with E-state index in [4.69, 9.17) is 20.2 Å². The highest BCUT2D eigenvalue weighted by Crippen LogP contribution is 2.50. The highest BCUT2D eigenvalue weighted by molar-refractivity contribution is 6.00. The molecule has 0 saturated carbocycles. The predicted molar refractivity (Wildman–Crippen MR) is 129 cm³/mol. The molecule has 0 amide bonds. The van der Waals surface area contributed by atoms with Crippen molar-refractivity contribution < 1.29 is 18.7 Å². The zero-order valence-electron chi connectivity index (χ0n) is 19.7. The highest BCUT2D eigenvalue weighted by atomic mass is 19.1. The second-order valence-electron chi connectivity index (χ2n) is 9.84. The van der Waals surface area contributed by atoms with Gasteiger partial charge in [-0.15, -0.1) is 0 Å². The first kappa shape index (κ1) is 22.6. The molecule has 0 bridgehead atoms. The van der Waals surface area contributed by atoms with Crippen molar-refractivity contribution in [1.82, 2.24) is 4.98 Å². The van der Waals surface area contributed by atoms with Crippen LogP contribution in [0.5, 0.6) is 11.6 Å². The number of halogens is 1. The van der Waals surface area contributed by atoms with Crippen LogP contribution in [0, 0.1) is 29.5 Å². The first-order valence-corrected chi connectivity index (χ1v) is 11.3. The predicted octanol–water partition coefficient (Wildman–Crippen LogP) is 5.93. The molecule has 1 unspecified atom stereocenters. The maximum atomic E-state index is 13.5. The number of nitrogens with two attached hydrogens (primary N) is 1. The van der Waals surface area contributed by atoms with Gasteiger partial charge in [0.05, 0.1) is 11.4 Å². The molecule has 1 aliphatic carbocycles. The Labute approximate surface area is 202 Å². The number of nitriles is 1. The fourth-order valence-electron chi connectivity index (χ4n) is 4.79. The van der Waals surface area contributed by atoms with Crippen LogP contribution in [0.25, 0.3) is 10.9 Å². The molecule has 2 aromatic carbocycles. The average molecular weight is 470 g/mol. The van der Waals surface area contributed by atoms with Gasteiger partial charge in [-0.05, 0) is 54.8 Å². The van der Waals surface area contributed by atoms with Crippen LogP contribution < -0.4 is 10.5 Å². The summed E-state index contributed by atoms with van der Waals surface area (Å²) in [7, 11) is 0. The number of ketones is 1. The summed E-state index contributed by atoms with van der Waals surface area (Å²) in [5, 5.41) is 10.9. The Bertz CT molecular complexity index is 1480. The van der Waals surface area contributed by atoms with Gasteiger partial charge in [0.25, 0.3) is 0 Å².